The number of nitrogens with one attached hydrogen (secondary N) is 1. The van der Waals surface area contributed by atoms with Crippen LogP contribution in [0.25, 0.3) is 0 Å². The Morgan fingerprint density at radius 1 is 0.839 bits per heavy atom. The van der Waals surface area contributed by atoms with Crippen LogP contribution in [0.4, 0.5) is 0 Å². The molecule has 2 aliphatic heterocycles. The molecule has 14 heteroatoms. The minimum absolute atomic E-state index is 0.222. The van der Waals surface area contributed by atoms with E-state index in [1.54, 1.807) is 0 Å². The predicted octanol–water partition coefficient (Wildman–Crippen LogP) is -5.32. The van der Waals surface area contributed by atoms with Gasteiger partial charge in [-0.05, 0) is 0 Å². The molecule has 0 aromatic rings. The van der Waals surface area contributed by atoms with Crippen molar-refractivity contribution in [3.63, 3.8) is 0 Å². The highest BCUT2D eigenvalue weighted by molar-refractivity contribution is 5.81. The average Bonchev–Trinajstić information content (AvgIpc) is 2.76. The van der Waals surface area contributed by atoms with E-state index in [9.17, 15) is 45.3 Å². The first-order valence-electron chi connectivity index (χ1n) is 9.59. The van der Waals surface area contributed by atoms with Gasteiger partial charge >= 0.3 is 5.97 Å². The van der Waals surface area contributed by atoms with Gasteiger partial charge in [-0.1, -0.05) is 0 Å². The summed E-state index contributed by atoms with van der Waals surface area (Å²) in [6, 6.07) is 0. The van der Waals surface area contributed by atoms with Crippen molar-refractivity contribution in [3.05, 3.63) is 0 Å². The topological polar surface area (TPSA) is 225 Å². The van der Waals surface area contributed by atoms with Gasteiger partial charge in [-0.25, -0.2) is 0 Å². The summed E-state index contributed by atoms with van der Waals surface area (Å²) in [5, 5.41) is 71.6. The third-order valence-corrected chi connectivity index (χ3v) is 5.09. The van der Waals surface area contributed by atoms with Crippen LogP contribution in [0, 0.1) is 0 Å². The second kappa shape index (κ2) is 11.4. The normalized spacial score (nSPS) is 40.9. The van der Waals surface area contributed by atoms with E-state index in [1.807, 2.05) is 0 Å². The van der Waals surface area contributed by atoms with Crippen molar-refractivity contribution in [1.29, 1.82) is 0 Å². The van der Waals surface area contributed by atoms with E-state index in [2.05, 4.69) is 10.1 Å². The molecular formula is C17H29NO13. The standard InChI is InChI=1S/C17H29NO13/c1-28-9(22)3-2-8(21)18-16-13(26)12(25)15(7(5-20)29-16)31-17-14(27)11(24)10(23)6(4-19)30-17/h6-7,10-17,19-20,23-27H,2-5H2,1H3,(H,18,21)/t6-,7-,10+,11+,12-,13-,14-,15-,16-,17+/m1/s1. The van der Waals surface area contributed by atoms with E-state index in [-0.39, 0.29) is 12.8 Å². The summed E-state index contributed by atoms with van der Waals surface area (Å²) in [6.07, 6.45) is -16.3. The molecule has 0 saturated carbocycles. The molecule has 2 heterocycles. The fourth-order valence-corrected chi connectivity index (χ4v) is 3.26. The molecule has 10 atom stereocenters. The number of methoxy groups -OCH3 is 1. The highest BCUT2D eigenvalue weighted by atomic mass is 16.7. The summed E-state index contributed by atoms with van der Waals surface area (Å²) in [7, 11) is 1.16. The highest BCUT2D eigenvalue weighted by Crippen LogP contribution is 2.28. The van der Waals surface area contributed by atoms with Crippen molar-refractivity contribution in [2.45, 2.75) is 74.2 Å². The lowest BCUT2D eigenvalue weighted by Gasteiger charge is -2.46. The second-order valence-corrected chi connectivity index (χ2v) is 7.20. The molecule has 2 aliphatic rings. The number of carbonyl (C=O) groups is 2. The first-order valence-corrected chi connectivity index (χ1v) is 9.59. The molecular weight excluding hydrogens is 426 g/mol. The number of amides is 1. The molecule has 8 N–H and O–H groups in total. The van der Waals surface area contributed by atoms with E-state index in [1.165, 1.54) is 0 Å². The highest BCUT2D eigenvalue weighted by Gasteiger charge is 2.50. The van der Waals surface area contributed by atoms with Crippen LogP contribution >= 0.6 is 0 Å². The minimum atomic E-state index is -1.78. The van der Waals surface area contributed by atoms with Gasteiger partial charge in [0.2, 0.25) is 5.91 Å². The molecule has 2 fully saturated rings. The Morgan fingerprint density at radius 2 is 1.48 bits per heavy atom. The number of hydrogen-bond donors (Lipinski definition) is 8. The molecule has 31 heavy (non-hydrogen) atoms. The van der Waals surface area contributed by atoms with Crippen molar-refractivity contribution >= 4 is 11.9 Å². The summed E-state index contributed by atoms with van der Waals surface area (Å²) in [5.41, 5.74) is 0. The fraction of sp³-hybridized carbons (Fsp3) is 0.882. The van der Waals surface area contributed by atoms with Crippen molar-refractivity contribution in [2.75, 3.05) is 20.3 Å². The molecule has 14 nitrogen and oxygen atoms in total. The molecule has 2 rings (SSSR count). The van der Waals surface area contributed by atoms with Gasteiger partial charge in [-0.15, -0.1) is 0 Å². The van der Waals surface area contributed by atoms with Gasteiger partial charge in [0, 0.05) is 6.42 Å². The summed E-state index contributed by atoms with van der Waals surface area (Å²) in [5.74, 6) is -1.31. The van der Waals surface area contributed by atoms with Gasteiger partial charge in [0.1, 0.15) is 48.8 Å². The molecule has 0 unspecified atom stereocenters. The maximum Gasteiger partial charge on any atom is 0.306 e. The molecule has 0 aliphatic carbocycles. The largest absolute Gasteiger partial charge is 0.469 e. The SMILES string of the molecule is COC(=O)CCC(=O)N[C@@H]1O[C@H](CO)[C@@H](O[C@@H]2O[C@H](CO)[C@H](O)[C@H](O)[C@H]2O)[C@H](O)[C@H]1O. The molecule has 0 spiro atoms. The summed E-state index contributed by atoms with van der Waals surface area (Å²) < 4.78 is 20.4. The van der Waals surface area contributed by atoms with Crippen LogP contribution < -0.4 is 5.32 Å². The van der Waals surface area contributed by atoms with Crippen molar-refractivity contribution < 1.29 is 64.3 Å². The molecule has 2 saturated heterocycles. The zero-order valence-electron chi connectivity index (χ0n) is 16.7. The van der Waals surface area contributed by atoms with Crippen LogP contribution in [0.2, 0.25) is 0 Å². The van der Waals surface area contributed by atoms with E-state index in [4.69, 9.17) is 14.2 Å². The van der Waals surface area contributed by atoms with Crippen LogP contribution in [-0.4, -0.2) is 129 Å². The van der Waals surface area contributed by atoms with E-state index in [0.29, 0.717) is 0 Å². The van der Waals surface area contributed by atoms with Gasteiger partial charge < -0.3 is 60.0 Å². The smallest absolute Gasteiger partial charge is 0.306 e. The summed E-state index contributed by atoms with van der Waals surface area (Å²) in [4.78, 5) is 23.1. The van der Waals surface area contributed by atoms with Gasteiger partial charge in [0.25, 0.3) is 0 Å². The van der Waals surface area contributed by atoms with Crippen LogP contribution in [0.15, 0.2) is 0 Å². The van der Waals surface area contributed by atoms with Crippen LogP contribution in [0.5, 0.6) is 0 Å². The lowest BCUT2D eigenvalue weighted by atomic mass is 9.96. The molecule has 0 radical (unpaired) electrons. The monoisotopic (exact) mass is 455 g/mol. The van der Waals surface area contributed by atoms with Crippen molar-refractivity contribution in [3.8, 4) is 0 Å². The third-order valence-electron chi connectivity index (χ3n) is 5.09. The number of aliphatic hydroxyl groups is 7. The first-order chi connectivity index (χ1) is 14.6. The molecule has 0 bridgehead atoms. The molecule has 180 valence electrons. The number of rotatable bonds is 8. The number of ether oxygens (including phenoxy) is 4. The first kappa shape index (κ1) is 25.8. The molecule has 0 aromatic heterocycles. The Bertz CT molecular complexity index is 603. The third kappa shape index (κ3) is 6.07. The van der Waals surface area contributed by atoms with Gasteiger partial charge in [0.05, 0.1) is 26.7 Å². The maximum absolute atomic E-state index is 11.9. The minimum Gasteiger partial charge on any atom is -0.469 e. The predicted molar refractivity (Wildman–Crippen MR) is 95.8 cm³/mol. The van der Waals surface area contributed by atoms with E-state index >= 15 is 0 Å². The Labute approximate surface area is 176 Å². The Kier molecular flexibility index (Phi) is 9.50. The maximum atomic E-state index is 11.9. The lowest BCUT2D eigenvalue weighted by Crippen LogP contribution is -2.66. The quantitative estimate of drug-likeness (QED) is 0.160. The number of hydrogen-bond acceptors (Lipinski definition) is 13. The molecule has 0 aromatic carbocycles. The van der Waals surface area contributed by atoms with Crippen LogP contribution in [-0.2, 0) is 28.5 Å². The van der Waals surface area contributed by atoms with Crippen LogP contribution in [0.1, 0.15) is 12.8 Å². The number of carbonyl (C=O) groups excluding carboxylic acids is 2. The Balaban J connectivity index is 2.03. The van der Waals surface area contributed by atoms with E-state index in [0.717, 1.165) is 7.11 Å². The Morgan fingerprint density at radius 3 is 2.06 bits per heavy atom. The van der Waals surface area contributed by atoms with E-state index < -0.39 is 86.4 Å². The van der Waals surface area contributed by atoms with Gasteiger partial charge in [-0.2, -0.15) is 0 Å². The summed E-state index contributed by atoms with van der Waals surface area (Å²) >= 11 is 0. The lowest BCUT2D eigenvalue weighted by molar-refractivity contribution is -0.343. The molecule has 1 amide bonds. The number of esters is 1. The van der Waals surface area contributed by atoms with Gasteiger partial charge in [-0.3, -0.25) is 9.59 Å². The fourth-order valence-electron chi connectivity index (χ4n) is 3.26. The summed E-state index contributed by atoms with van der Waals surface area (Å²) in [6.45, 7) is -1.44. The van der Waals surface area contributed by atoms with Crippen LogP contribution in [0.3, 0.4) is 0 Å². The Hall–Kier alpha value is -1.46. The number of aliphatic hydroxyl groups excluding tert-OH is 7. The zero-order valence-corrected chi connectivity index (χ0v) is 16.7. The van der Waals surface area contributed by atoms with Crippen molar-refractivity contribution in [2.24, 2.45) is 0 Å². The van der Waals surface area contributed by atoms with Gasteiger partial charge in [0.15, 0.2) is 12.5 Å². The average molecular weight is 455 g/mol. The van der Waals surface area contributed by atoms with Crippen molar-refractivity contribution in [1.82, 2.24) is 5.32 Å². The second-order valence-electron chi connectivity index (χ2n) is 7.20. The zero-order chi connectivity index (χ0) is 23.3.